The molecule has 0 aliphatic carbocycles. The summed E-state index contributed by atoms with van der Waals surface area (Å²) in [5, 5.41) is 0. The summed E-state index contributed by atoms with van der Waals surface area (Å²) >= 11 is 4.08. The molecule has 0 atom stereocenters. The van der Waals surface area contributed by atoms with E-state index in [1.165, 1.54) is 25.7 Å². The molecule has 0 aromatic carbocycles. The van der Waals surface area contributed by atoms with Crippen molar-refractivity contribution in [3.05, 3.63) is 24.3 Å². The van der Waals surface area contributed by atoms with E-state index in [-0.39, 0.29) is 0 Å². The highest BCUT2D eigenvalue weighted by Gasteiger charge is 1.80. The summed E-state index contributed by atoms with van der Waals surface area (Å²) < 4.78 is 0. The van der Waals surface area contributed by atoms with Crippen molar-refractivity contribution in [3.63, 3.8) is 0 Å². The van der Waals surface area contributed by atoms with Gasteiger partial charge in [-0.1, -0.05) is 44.1 Å². The average Bonchev–Trinajstić information content (AvgIpc) is 2.10. The number of hydrogen-bond donors (Lipinski definition) is 1. The third kappa shape index (κ3) is 9.83. The first-order chi connectivity index (χ1) is 5.91. The summed E-state index contributed by atoms with van der Waals surface area (Å²) in [5.74, 6) is 0.851. The molecule has 12 heavy (non-hydrogen) atoms. The first-order valence-corrected chi connectivity index (χ1v) is 5.46. The van der Waals surface area contributed by atoms with Crippen LogP contribution in [0.25, 0.3) is 0 Å². The molecule has 0 aliphatic heterocycles. The average molecular weight is 184 g/mol. The van der Waals surface area contributed by atoms with E-state index in [1.807, 2.05) is 0 Å². The van der Waals surface area contributed by atoms with Crippen molar-refractivity contribution in [3.8, 4) is 0 Å². The molecule has 0 rings (SSSR count). The highest BCUT2D eigenvalue weighted by atomic mass is 32.1. The number of hydrogen-bond acceptors (Lipinski definition) is 1. The van der Waals surface area contributed by atoms with E-state index >= 15 is 0 Å². The van der Waals surface area contributed by atoms with E-state index in [4.69, 9.17) is 0 Å². The van der Waals surface area contributed by atoms with Crippen LogP contribution >= 0.6 is 12.6 Å². The van der Waals surface area contributed by atoms with Crippen LogP contribution in [0, 0.1) is 0 Å². The predicted molar refractivity (Wildman–Crippen MR) is 60.9 cm³/mol. The lowest BCUT2D eigenvalue weighted by Gasteiger charge is -1.90. The van der Waals surface area contributed by atoms with Crippen molar-refractivity contribution in [2.75, 3.05) is 5.75 Å². The summed E-state index contributed by atoms with van der Waals surface area (Å²) in [5.41, 5.74) is 0. The smallest absolute Gasteiger partial charge is 0.00826 e. The molecule has 0 aliphatic rings. The van der Waals surface area contributed by atoms with E-state index in [1.54, 1.807) is 0 Å². The van der Waals surface area contributed by atoms with Crippen molar-refractivity contribution in [2.45, 2.75) is 39.0 Å². The van der Waals surface area contributed by atoms with Crippen LogP contribution in [0.1, 0.15) is 39.0 Å². The Bertz CT molecular complexity index is 125. The van der Waals surface area contributed by atoms with Crippen molar-refractivity contribution in [2.24, 2.45) is 0 Å². The van der Waals surface area contributed by atoms with Gasteiger partial charge >= 0.3 is 0 Å². The van der Waals surface area contributed by atoms with Crippen LogP contribution in [-0.2, 0) is 0 Å². The largest absolute Gasteiger partial charge is 0.175 e. The van der Waals surface area contributed by atoms with Gasteiger partial charge in [0, 0.05) is 5.75 Å². The van der Waals surface area contributed by atoms with Gasteiger partial charge in [-0.05, 0) is 19.3 Å². The predicted octanol–water partition coefficient (Wildman–Crippen LogP) is 4.00. The molecule has 0 nitrogen and oxygen atoms in total. The van der Waals surface area contributed by atoms with Crippen LogP contribution in [0.3, 0.4) is 0 Å². The second kappa shape index (κ2) is 10.8. The molecule has 0 fully saturated rings. The summed E-state index contributed by atoms with van der Waals surface area (Å²) in [7, 11) is 0. The SMILES string of the molecule is CCCCC/C=C\C/C=C\CS. The lowest BCUT2D eigenvalue weighted by Crippen LogP contribution is -1.70. The molecule has 0 amide bonds. The monoisotopic (exact) mass is 184 g/mol. The maximum absolute atomic E-state index is 4.08. The number of allylic oxidation sites excluding steroid dienone is 3. The summed E-state index contributed by atoms with van der Waals surface area (Å²) in [6.07, 6.45) is 15.1. The zero-order valence-electron chi connectivity index (χ0n) is 8.00. The molecule has 0 unspecified atom stereocenters. The van der Waals surface area contributed by atoms with Crippen LogP contribution in [0.4, 0.5) is 0 Å². The number of rotatable bonds is 7. The van der Waals surface area contributed by atoms with Gasteiger partial charge < -0.3 is 0 Å². The Hall–Kier alpha value is -0.170. The van der Waals surface area contributed by atoms with Crippen molar-refractivity contribution in [1.29, 1.82) is 0 Å². The van der Waals surface area contributed by atoms with Crippen molar-refractivity contribution >= 4 is 12.6 Å². The maximum atomic E-state index is 4.08. The van der Waals surface area contributed by atoms with E-state index in [0.717, 1.165) is 12.2 Å². The second-order valence-electron chi connectivity index (χ2n) is 2.86. The molecule has 0 saturated heterocycles. The minimum Gasteiger partial charge on any atom is -0.175 e. The van der Waals surface area contributed by atoms with Gasteiger partial charge in [0.15, 0.2) is 0 Å². The van der Waals surface area contributed by atoms with E-state index in [9.17, 15) is 0 Å². The molecule has 0 aromatic heterocycles. The summed E-state index contributed by atoms with van der Waals surface area (Å²) in [6, 6.07) is 0. The van der Waals surface area contributed by atoms with Crippen molar-refractivity contribution < 1.29 is 0 Å². The van der Waals surface area contributed by atoms with Crippen LogP contribution in [0.5, 0.6) is 0 Å². The lowest BCUT2D eigenvalue weighted by atomic mass is 10.2. The molecule has 0 heterocycles. The Balaban J connectivity index is 3.08. The molecule has 0 aromatic rings. The molecule has 0 saturated carbocycles. The quantitative estimate of drug-likeness (QED) is 0.345. The van der Waals surface area contributed by atoms with Gasteiger partial charge in [0.1, 0.15) is 0 Å². The van der Waals surface area contributed by atoms with Crippen LogP contribution < -0.4 is 0 Å². The fraction of sp³-hybridized carbons (Fsp3) is 0.636. The van der Waals surface area contributed by atoms with Crippen LogP contribution in [0.15, 0.2) is 24.3 Å². The summed E-state index contributed by atoms with van der Waals surface area (Å²) in [6.45, 7) is 2.24. The van der Waals surface area contributed by atoms with Gasteiger partial charge in [-0.2, -0.15) is 12.6 Å². The third-order valence-corrected chi connectivity index (χ3v) is 1.90. The first kappa shape index (κ1) is 11.8. The van der Waals surface area contributed by atoms with E-state index in [2.05, 4.69) is 43.9 Å². The molecular formula is C11H20S. The minimum atomic E-state index is 0.851. The fourth-order valence-electron chi connectivity index (χ4n) is 0.976. The standard InChI is InChI=1S/C11H20S/c1-2-3-4-5-6-7-8-9-10-11-12/h6-7,9-10,12H,2-5,8,11H2,1H3/b7-6-,10-9-. The topological polar surface area (TPSA) is 0 Å². The number of thiol groups is 1. The molecule has 0 spiro atoms. The Morgan fingerprint density at radius 3 is 2.42 bits per heavy atom. The third-order valence-electron chi connectivity index (χ3n) is 1.69. The molecule has 0 radical (unpaired) electrons. The van der Waals surface area contributed by atoms with Gasteiger partial charge in [0.05, 0.1) is 0 Å². The molecule has 0 N–H and O–H groups in total. The first-order valence-electron chi connectivity index (χ1n) is 4.82. The zero-order valence-corrected chi connectivity index (χ0v) is 8.89. The van der Waals surface area contributed by atoms with Crippen molar-refractivity contribution in [1.82, 2.24) is 0 Å². The number of unbranched alkanes of at least 4 members (excludes halogenated alkanes) is 3. The lowest BCUT2D eigenvalue weighted by molar-refractivity contribution is 0.728. The second-order valence-corrected chi connectivity index (χ2v) is 3.22. The summed E-state index contributed by atoms with van der Waals surface area (Å²) in [4.78, 5) is 0. The molecule has 70 valence electrons. The van der Waals surface area contributed by atoms with Gasteiger partial charge in [-0.3, -0.25) is 0 Å². The normalized spacial score (nSPS) is 11.8. The van der Waals surface area contributed by atoms with Gasteiger partial charge in [-0.25, -0.2) is 0 Å². The van der Waals surface area contributed by atoms with Crippen LogP contribution in [0.2, 0.25) is 0 Å². The molecular weight excluding hydrogens is 164 g/mol. The van der Waals surface area contributed by atoms with E-state index in [0.29, 0.717) is 0 Å². The van der Waals surface area contributed by atoms with Gasteiger partial charge in [-0.15, -0.1) is 0 Å². The van der Waals surface area contributed by atoms with E-state index < -0.39 is 0 Å². The Morgan fingerprint density at radius 1 is 1.00 bits per heavy atom. The maximum Gasteiger partial charge on any atom is 0.00826 e. The highest BCUT2D eigenvalue weighted by Crippen LogP contribution is 2.00. The zero-order chi connectivity index (χ0) is 9.07. The Labute approximate surface area is 82.2 Å². The Morgan fingerprint density at radius 2 is 1.75 bits per heavy atom. The Kier molecular flexibility index (Phi) is 10.7. The highest BCUT2D eigenvalue weighted by molar-refractivity contribution is 7.80. The fourth-order valence-corrected chi connectivity index (χ4v) is 1.12. The molecule has 1 heteroatoms. The van der Waals surface area contributed by atoms with Gasteiger partial charge in [0.25, 0.3) is 0 Å². The molecule has 0 bridgehead atoms. The van der Waals surface area contributed by atoms with Crippen LogP contribution in [-0.4, -0.2) is 5.75 Å². The van der Waals surface area contributed by atoms with Gasteiger partial charge in [0.2, 0.25) is 0 Å². The minimum absolute atomic E-state index is 0.851.